The molecule has 22 heavy (non-hydrogen) atoms. The molecule has 2 heterocycles. The van der Waals surface area contributed by atoms with Crippen LogP contribution in [0.4, 0.5) is 0 Å². The second-order valence-electron chi connectivity index (χ2n) is 4.59. The van der Waals surface area contributed by atoms with Gasteiger partial charge in [0.1, 0.15) is 35.5 Å². The van der Waals surface area contributed by atoms with E-state index in [1.165, 1.54) is 0 Å². The first-order chi connectivity index (χ1) is 10.7. The molecule has 0 unspecified atom stereocenters. The Bertz CT molecular complexity index is 867. The fourth-order valence-electron chi connectivity index (χ4n) is 2.17. The lowest BCUT2D eigenvalue weighted by molar-refractivity contribution is 0.296. The van der Waals surface area contributed by atoms with Gasteiger partial charge >= 0.3 is 0 Å². The van der Waals surface area contributed by atoms with Gasteiger partial charge in [-0.2, -0.15) is 5.26 Å². The van der Waals surface area contributed by atoms with Crippen molar-refractivity contribution in [2.24, 2.45) is 0 Å². The number of halogens is 1. The molecule has 0 spiro atoms. The molecule has 0 aliphatic carbocycles. The van der Waals surface area contributed by atoms with Crippen LogP contribution in [0.2, 0.25) is 5.02 Å². The molecule has 5 nitrogen and oxygen atoms in total. The Morgan fingerprint density at radius 1 is 1.32 bits per heavy atom. The molecule has 0 radical (unpaired) electrons. The molecule has 0 atom stereocenters. The zero-order valence-electron chi connectivity index (χ0n) is 11.8. The van der Waals surface area contributed by atoms with E-state index in [-0.39, 0.29) is 0 Å². The standard InChI is InChI=1S/C16H12ClN3O2/c1-21-15-6-12(17)3-2-11(15)10-22-14-7-13(9-18)20-5-4-19-16(20)8-14/h2-8H,10H2,1H3. The molecule has 0 bridgehead atoms. The van der Waals surface area contributed by atoms with Crippen molar-refractivity contribution in [2.45, 2.75) is 6.61 Å². The van der Waals surface area contributed by atoms with Crippen LogP contribution in [0.5, 0.6) is 11.5 Å². The molecule has 0 saturated carbocycles. The van der Waals surface area contributed by atoms with Crippen molar-refractivity contribution in [3.05, 3.63) is 59.0 Å². The van der Waals surface area contributed by atoms with Crippen LogP contribution in [0.1, 0.15) is 11.3 Å². The van der Waals surface area contributed by atoms with Gasteiger partial charge in [-0.1, -0.05) is 17.7 Å². The largest absolute Gasteiger partial charge is 0.496 e. The first-order valence-corrected chi connectivity index (χ1v) is 6.91. The van der Waals surface area contributed by atoms with E-state index in [0.717, 1.165) is 5.56 Å². The maximum atomic E-state index is 9.19. The minimum Gasteiger partial charge on any atom is -0.496 e. The molecule has 2 aromatic heterocycles. The monoisotopic (exact) mass is 313 g/mol. The van der Waals surface area contributed by atoms with Gasteiger partial charge in [0.05, 0.1) is 7.11 Å². The molecule has 0 aliphatic heterocycles. The number of ether oxygens (including phenoxy) is 2. The van der Waals surface area contributed by atoms with E-state index in [2.05, 4.69) is 11.1 Å². The van der Waals surface area contributed by atoms with E-state index >= 15 is 0 Å². The second-order valence-corrected chi connectivity index (χ2v) is 5.02. The molecular weight excluding hydrogens is 302 g/mol. The smallest absolute Gasteiger partial charge is 0.141 e. The van der Waals surface area contributed by atoms with Crippen LogP contribution in [0.3, 0.4) is 0 Å². The number of hydrogen-bond donors (Lipinski definition) is 0. The van der Waals surface area contributed by atoms with E-state index in [1.807, 2.05) is 6.07 Å². The highest BCUT2D eigenvalue weighted by atomic mass is 35.5. The van der Waals surface area contributed by atoms with E-state index < -0.39 is 0 Å². The minimum atomic E-state index is 0.308. The predicted octanol–water partition coefficient (Wildman–Crippen LogP) is 3.45. The number of rotatable bonds is 4. The maximum Gasteiger partial charge on any atom is 0.141 e. The number of aromatic nitrogens is 2. The van der Waals surface area contributed by atoms with Gasteiger partial charge < -0.3 is 9.47 Å². The van der Waals surface area contributed by atoms with Crippen molar-refractivity contribution in [3.63, 3.8) is 0 Å². The van der Waals surface area contributed by atoms with Gasteiger partial charge in [-0.25, -0.2) is 4.98 Å². The highest BCUT2D eigenvalue weighted by Gasteiger charge is 2.08. The third-order valence-corrected chi connectivity index (χ3v) is 3.47. The first kappa shape index (κ1) is 14.2. The molecule has 0 aliphatic rings. The van der Waals surface area contributed by atoms with Gasteiger partial charge in [0.15, 0.2) is 0 Å². The third kappa shape index (κ3) is 2.69. The van der Waals surface area contributed by atoms with Gasteiger partial charge in [0, 0.05) is 35.1 Å². The van der Waals surface area contributed by atoms with E-state index in [1.54, 1.807) is 48.2 Å². The normalized spacial score (nSPS) is 10.4. The summed E-state index contributed by atoms with van der Waals surface area (Å²) in [5, 5.41) is 9.79. The lowest BCUT2D eigenvalue weighted by atomic mass is 10.2. The highest BCUT2D eigenvalue weighted by Crippen LogP contribution is 2.25. The highest BCUT2D eigenvalue weighted by molar-refractivity contribution is 6.30. The van der Waals surface area contributed by atoms with Gasteiger partial charge in [-0.3, -0.25) is 4.40 Å². The fourth-order valence-corrected chi connectivity index (χ4v) is 2.33. The summed E-state index contributed by atoms with van der Waals surface area (Å²) in [6, 6.07) is 10.9. The SMILES string of the molecule is COc1cc(Cl)ccc1COc1cc(C#N)n2ccnc2c1. The Morgan fingerprint density at radius 3 is 2.95 bits per heavy atom. The number of nitriles is 1. The van der Waals surface area contributed by atoms with Crippen LogP contribution in [0.25, 0.3) is 5.65 Å². The minimum absolute atomic E-state index is 0.308. The van der Waals surface area contributed by atoms with E-state index in [4.69, 9.17) is 21.1 Å². The van der Waals surface area contributed by atoms with Gasteiger partial charge in [0.25, 0.3) is 0 Å². The van der Waals surface area contributed by atoms with Crippen molar-refractivity contribution in [1.29, 1.82) is 5.26 Å². The van der Waals surface area contributed by atoms with Crippen LogP contribution in [0, 0.1) is 11.3 Å². The Morgan fingerprint density at radius 2 is 2.18 bits per heavy atom. The maximum absolute atomic E-state index is 9.19. The average Bonchev–Trinajstić information content (AvgIpc) is 3.01. The molecule has 3 aromatic rings. The molecular formula is C16H12ClN3O2. The van der Waals surface area contributed by atoms with Gasteiger partial charge in [-0.05, 0) is 12.1 Å². The Hall–Kier alpha value is -2.71. The van der Waals surface area contributed by atoms with Gasteiger partial charge in [0.2, 0.25) is 0 Å². The number of nitrogens with zero attached hydrogens (tertiary/aromatic N) is 3. The quantitative estimate of drug-likeness (QED) is 0.740. The van der Waals surface area contributed by atoms with Crippen LogP contribution in [0.15, 0.2) is 42.7 Å². The lowest BCUT2D eigenvalue weighted by Gasteiger charge is -2.11. The zero-order chi connectivity index (χ0) is 15.5. The van der Waals surface area contributed by atoms with Crippen LogP contribution < -0.4 is 9.47 Å². The first-order valence-electron chi connectivity index (χ1n) is 6.53. The van der Waals surface area contributed by atoms with Crippen LogP contribution in [-0.2, 0) is 6.61 Å². The summed E-state index contributed by atoms with van der Waals surface area (Å²) in [5.74, 6) is 1.24. The van der Waals surface area contributed by atoms with Crippen LogP contribution >= 0.6 is 11.6 Å². The fraction of sp³-hybridized carbons (Fsp3) is 0.125. The molecule has 0 amide bonds. The van der Waals surface area contributed by atoms with Gasteiger partial charge in [-0.15, -0.1) is 0 Å². The summed E-state index contributed by atoms with van der Waals surface area (Å²) in [6.07, 6.45) is 3.38. The summed E-state index contributed by atoms with van der Waals surface area (Å²) in [4.78, 5) is 4.18. The molecule has 110 valence electrons. The third-order valence-electron chi connectivity index (χ3n) is 3.24. The molecule has 0 saturated heterocycles. The lowest BCUT2D eigenvalue weighted by Crippen LogP contribution is -2.00. The molecule has 1 aromatic carbocycles. The van der Waals surface area contributed by atoms with Crippen molar-refractivity contribution in [2.75, 3.05) is 7.11 Å². The Kier molecular flexibility index (Phi) is 3.86. The summed E-state index contributed by atoms with van der Waals surface area (Å²) >= 11 is 5.94. The number of pyridine rings is 1. The number of hydrogen-bond acceptors (Lipinski definition) is 4. The summed E-state index contributed by atoms with van der Waals surface area (Å²) < 4.78 is 12.8. The number of imidazole rings is 1. The van der Waals surface area contributed by atoms with Crippen molar-refractivity contribution in [3.8, 4) is 17.6 Å². The van der Waals surface area contributed by atoms with Crippen molar-refractivity contribution < 1.29 is 9.47 Å². The predicted molar refractivity (Wildman–Crippen MR) is 82.2 cm³/mol. The van der Waals surface area contributed by atoms with Crippen LogP contribution in [-0.4, -0.2) is 16.5 Å². The molecule has 0 fully saturated rings. The average molecular weight is 314 g/mol. The molecule has 3 rings (SSSR count). The topological polar surface area (TPSA) is 59.5 Å². The van der Waals surface area contributed by atoms with Crippen molar-refractivity contribution in [1.82, 2.24) is 9.38 Å². The van der Waals surface area contributed by atoms with Crippen molar-refractivity contribution >= 4 is 17.2 Å². The number of benzene rings is 1. The Labute approximate surface area is 132 Å². The number of fused-ring (bicyclic) bond motifs is 1. The zero-order valence-corrected chi connectivity index (χ0v) is 12.5. The second kappa shape index (κ2) is 5.96. The van der Waals surface area contributed by atoms with E-state index in [9.17, 15) is 5.26 Å². The summed E-state index contributed by atoms with van der Waals surface area (Å²) in [6.45, 7) is 0.308. The number of methoxy groups -OCH3 is 1. The summed E-state index contributed by atoms with van der Waals surface area (Å²) in [5.41, 5.74) is 2.00. The van der Waals surface area contributed by atoms with E-state index in [0.29, 0.717) is 34.5 Å². The Balaban J connectivity index is 1.87. The molecule has 0 N–H and O–H groups in total. The summed E-state index contributed by atoms with van der Waals surface area (Å²) in [7, 11) is 1.58. The molecule has 6 heteroatoms.